The fourth-order valence-corrected chi connectivity index (χ4v) is 3.18. The summed E-state index contributed by atoms with van der Waals surface area (Å²) in [6.45, 7) is 0. The van der Waals surface area contributed by atoms with Gasteiger partial charge in [-0.2, -0.15) is 0 Å². The van der Waals surface area contributed by atoms with E-state index in [1.807, 2.05) is 60.7 Å². The maximum atomic E-state index is 5.26. The van der Waals surface area contributed by atoms with E-state index in [-0.39, 0.29) is 0 Å². The predicted octanol–water partition coefficient (Wildman–Crippen LogP) is 6.05. The molecule has 0 saturated carbocycles. The third kappa shape index (κ3) is 4.22. The number of aliphatic imine (C=N–C) groups is 1. The molecule has 0 heterocycles. The van der Waals surface area contributed by atoms with Crippen LogP contribution in [-0.2, 0) is 0 Å². The number of nitrogens with zero attached hydrogens (tertiary/aromatic N) is 1. The second-order valence-corrected chi connectivity index (χ2v) is 6.54. The van der Waals surface area contributed by atoms with Gasteiger partial charge in [-0.1, -0.05) is 42.5 Å². The first-order chi connectivity index (χ1) is 14.3. The SMILES string of the molecule is COc1ccc(N=C(Nc2ccc(OC)cc2)c2cccc3ccccc23)cc1. The minimum atomic E-state index is 0.775. The summed E-state index contributed by atoms with van der Waals surface area (Å²) in [5.41, 5.74) is 2.82. The van der Waals surface area contributed by atoms with Crippen molar-refractivity contribution in [2.24, 2.45) is 4.99 Å². The van der Waals surface area contributed by atoms with Crippen molar-refractivity contribution in [3.63, 3.8) is 0 Å². The molecular weight excluding hydrogens is 360 g/mol. The third-order valence-corrected chi connectivity index (χ3v) is 4.71. The Bertz CT molecular complexity index is 1130. The largest absolute Gasteiger partial charge is 0.497 e. The van der Waals surface area contributed by atoms with Crippen LogP contribution in [0.25, 0.3) is 10.8 Å². The summed E-state index contributed by atoms with van der Waals surface area (Å²) in [4.78, 5) is 4.91. The summed E-state index contributed by atoms with van der Waals surface area (Å²) in [5, 5.41) is 5.79. The Morgan fingerprint density at radius 3 is 2.00 bits per heavy atom. The minimum Gasteiger partial charge on any atom is -0.497 e. The highest BCUT2D eigenvalue weighted by Crippen LogP contribution is 2.24. The second kappa shape index (κ2) is 8.48. The number of benzene rings is 4. The van der Waals surface area contributed by atoms with E-state index in [0.29, 0.717) is 0 Å². The number of rotatable bonds is 5. The number of hydrogen-bond donors (Lipinski definition) is 1. The monoisotopic (exact) mass is 382 g/mol. The van der Waals surface area contributed by atoms with Gasteiger partial charge in [0.05, 0.1) is 19.9 Å². The van der Waals surface area contributed by atoms with Crippen LogP contribution < -0.4 is 14.8 Å². The van der Waals surface area contributed by atoms with E-state index in [2.05, 4.69) is 35.6 Å². The second-order valence-electron chi connectivity index (χ2n) is 6.54. The Labute approximate surface area is 170 Å². The first kappa shape index (κ1) is 18.6. The van der Waals surface area contributed by atoms with Gasteiger partial charge in [0.1, 0.15) is 17.3 Å². The van der Waals surface area contributed by atoms with Gasteiger partial charge >= 0.3 is 0 Å². The van der Waals surface area contributed by atoms with Gasteiger partial charge in [0.25, 0.3) is 0 Å². The molecule has 4 heteroatoms. The number of ether oxygens (including phenoxy) is 2. The highest BCUT2D eigenvalue weighted by atomic mass is 16.5. The molecule has 4 nitrogen and oxygen atoms in total. The standard InChI is InChI=1S/C25H22N2O2/c1-28-21-14-10-19(11-15-21)26-25(27-20-12-16-22(29-2)17-13-20)24-9-5-7-18-6-3-4-8-23(18)24/h3-17H,1-2H3,(H,26,27). The van der Waals surface area contributed by atoms with Crippen molar-refractivity contribution < 1.29 is 9.47 Å². The zero-order valence-electron chi connectivity index (χ0n) is 16.4. The van der Waals surface area contributed by atoms with Crippen LogP contribution in [0.1, 0.15) is 5.56 Å². The molecular formula is C25H22N2O2. The Morgan fingerprint density at radius 2 is 1.31 bits per heavy atom. The van der Waals surface area contributed by atoms with E-state index in [4.69, 9.17) is 14.5 Å². The molecule has 0 fully saturated rings. The molecule has 0 amide bonds. The van der Waals surface area contributed by atoms with Crippen molar-refractivity contribution >= 4 is 28.0 Å². The van der Waals surface area contributed by atoms with E-state index in [1.165, 1.54) is 5.39 Å². The van der Waals surface area contributed by atoms with Gasteiger partial charge in [-0.25, -0.2) is 4.99 Å². The lowest BCUT2D eigenvalue weighted by atomic mass is 10.0. The van der Waals surface area contributed by atoms with Gasteiger partial charge in [-0.3, -0.25) is 0 Å². The summed E-state index contributed by atoms with van der Waals surface area (Å²) in [5.74, 6) is 2.39. The summed E-state index contributed by atoms with van der Waals surface area (Å²) < 4.78 is 10.5. The van der Waals surface area contributed by atoms with Gasteiger partial charge in [0, 0.05) is 11.3 Å². The Kier molecular flexibility index (Phi) is 5.43. The van der Waals surface area contributed by atoms with Crippen LogP contribution in [0.15, 0.2) is 96.0 Å². The number of anilines is 1. The lowest BCUT2D eigenvalue weighted by Crippen LogP contribution is -2.14. The zero-order valence-corrected chi connectivity index (χ0v) is 16.4. The highest BCUT2D eigenvalue weighted by Gasteiger charge is 2.09. The quantitative estimate of drug-likeness (QED) is 0.338. The van der Waals surface area contributed by atoms with Gasteiger partial charge in [-0.15, -0.1) is 0 Å². The van der Waals surface area contributed by atoms with Crippen LogP contribution in [0.3, 0.4) is 0 Å². The molecule has 4 aromatic carbocycles. The van der Waals surface area contributed by atoms with Crippen molar-refractivity contribution in [1.82, 2.24) is 0 Å². The van der Waals surface area contributed by atoms with Crippen LogP contribution in [0.4, 0.5) is 11.4 Å². The van der Waals surface area contributed by atoms with Gasteiger partial charge in [0.15, 0.2) is 0 Å². The van der Waals surface area contributed by atoms with E-state index in [9.17, 15) is 0 Å². The Balaban J connectivity index is 1.79. The number of fused-ring (bicyclic) bond motifs is 1. The molecule has 4 rings (SSSR count). The molecule has 0 aromatic heterocycles. The number of amidine groups is 1. The molecule has 0 radical (unpaired) electrons. The number of methoxy groups -OCH3 is 2. The maximum Gasteiger partial charge on any atom is 0.138 e. The highest BCUT2D eigenvalue weighted by molar-refractivity contribution is 6.16. The molecule has 0 aliphatic carbocycles. The van der Waals surface area contributed by atoms with Crippen molar-refractivity contribution in [1.29, 1.82) is 0 Å². The van der Waals surface area contributed by atoms with E-state index >= 15 is 0 Å². The smallest absolute Gasteiger partial charge is 0.138 e. The van der Waals surface area contributed by atoms with Crippen molar-refractivity contribution in [3.8, 4) is 11.5 Å². The fourth-order valence-electron chi connectivity index (χ4n) is 3.18. The average Bonchev–Trinajstić information content (AvgIpc) is 2.79. The molecule has 144 valence electrons. The van der Waals surface area contributed by atoms with Crippen LogP contribution in [0.2, 0.25) is 0 Å². The molecule has 0 aliphatic heterocycles. The molecule has 0 atom stereocenters. The Hall–Kier alpha value is -3.79. The summed E-state index contributed by atoms with van der Waals surface area (Å²) >= 11 is 0. The number of nitrogens with one attached hydrogen (secondary N) is 1. The van der Waals surface area contributed by atoms with E-state index in [1.54, 1.807) is 14.2 Å². The van der Waals surface area contributed by atoms with Crippen molar-refractivity contribution in [2.45, 2.75) is 0 Å². The summed E-state index contributed by atoms with van der Waals surface area (Å²) in [7, 11) is 3.32. The Morgan fingerprint density at radius 1 is 0.690 bits per heavy atom. The lowest BCUT2D eigenvalue weighted by Gasteiger charge is -2.14. The molecule has 0 unspecified atom stereocenters. The summed E-state index contributed by atoms with van der Waals surface area (Å²) in [6, 6.07) is 30.1. The van der Waals surface area contributed by atoms with Crippen molar-refractivity contribution in [3.05, 3.63) is 96.6 Å². The normalized spacial score (nSPS) is 11.3. The maximum absolute atomic E-state index is 5.26. The van der Waals surface area contributed by atoms with Crippen molar-refractivity contribution in [2.75, 3.05) is 19.5 Å². The molecule has 4 aromatic rings. The first-order valence-corrected chi connectivity index (χ1v) is 9.39. The van der Waals surface area contributed by atoms with Crippen LogP contribution in [0, 0.1) is 0 Å². The fraction of sp³-hybridized carbons (Fsp3) is 0.0800. The third-order valence-electron chi connectivity index (χ3n) is 4.71. The molecule has 0 spiro atoms. The molecule has 29 heavy (non-hydrogen) atoms. The van der Waals surface area contributed by atoms with Gasteiger partial charge < -0.3 is 14.8 Å². The predicted molar refractivity (Wildman–Crippen MR) is 120 cm³/mol. The van der Waals surface area contributed by atoms with Crippen LogP contribution >= 0.6 is 0 Å². The molecule has 0 saturated heterocycles. The molecule has 0 bridgehead atoms. The van der Waals surface area contributed by atoms with Gasteiger partial charge in [-0.05, 0) is 59.3 Å². The number of hydrogen-bond acceptors (Lipinski definition) is 3. The summed E-state index contributed by atoms with van der Waals surface area (Å²) in [6.07, 6.45) is 0. The minimum absolute atomic E-state index is 0.775. The first-order valence-electron chi connectivity index (χ1n) is 9.39. The van der Waals surface area contributed by atoms with Gasteiger partial charge in [0.2, 0.25) is 0 Å². The molecule has 0 aliphatic rings. The van der Waals surface area contributed by atoms with E-state index in [0.717, 1.165) is 39.7 Å². The zero-order chi connectivity index (χ0) is 20.1. The molecule has 1 N–H and O–H groups in total. The lowest BCUT2D eigenvalue weighted by molar-refractivity contribution is 0.415. The average molecular weight is 382 g/mol. The van der Waals surface area contributed by atoms with Crippen LogP contribution in [-0.4, -0.2) is 20.1 Å². The van der Waals surface area contributed by atoms with Crippen LogP contribution in [0.5, 0.6) is 11.5 Å². The topological polar surface area (TPSA) is 42.8 Å². The van der Waals surface area contributed by atoms with E-state index < -0.39 is 0 Å².